The molecule has 0 fully saturated rings. The molecule has 62 valence electrons. The lowest BCUT2D eigenvalue weighted by Gasteiger charge is -2.18. The molecule has 0 saturated heterocycles. The topological polar surface area (TPSA) is 12.5 Å². The van der Waals surface area contributed by atoms with Crippen molar-refractivity contribution in [3.63, 3.8) is 0 Å². The summed E-state index contributed by atoms with van der Waals surface area (Å²) in [5, 5.41) is 0. The largest absolute Gasteiger partial charge is 0.384 e. The van der Waals surface area contributed by atoms with Crippen LogP contribution in [0.2, 0.25) is 0 Å². The van der Waals surface area contributed by atoms with Gasteiger partial charge in [0.15, 0.2) is 0 Å². The summed E-state index contributed by atoms with van der Waals surface area (Å²) in [6, 6.07) is 0. The Kier molecular flexibility index (Phi) is 5.64. The number of nitrogens with zero attached hydrogens (tertiary/aromatic N) is 1. The van der Waals surface area contributed by atoms with E-state index in [2.05, 4.69) is 25.9 Å². The summed E-state index contributed by atoms with van der Waals surface area (Å²) in [6.45, 7) is 4.21. The Morgan fingerprint density at radius 3 is 2.30 bits per heavy atom. The van der Waals surface area contributed by atoms with E-state index in [0.29, 0.717) is 5.92 Å². The molecule has 0 aliphatic rings. The average Bonchev–Trinajstić information content (AvgIpc) is 1.86. The molecule has 0 aromatic carbocycles. The van der Waals surface area contributed by atoms with E-state index in [-0.39, 0.29) is 0 Å². The van der Waals surface area contributed by atoms with E-state index in [1.807, 2.05) is 0 Å². The molecule has 2 nitrogen and oxygen atoms in total. The first kappa shape index (κ1) is 9.92. The molecule has 0 bridgehead atoms. The first-order chi connectivity index (χ1) is 4.70. The summed E-state index contributed by atoms with van der Waals surface area (Å²) >= 11 is 0. The van der Waals surface area contributed by atoms with Crippen LogP contribution in [-0.2, 0) is 4.74 Å². The molecule has 1 atom stereocenters. The quantitative estimate of drug-likeness (QED) is 0.577. The van der Waals surface area contributed by atoms with Crippen molar-refractivity contribution in [2.75, 3.05) is 34.4 Å². The molecule has 0 aromatic rings. The third-order valence-corrected chi connectivity index (χ3v) is 1.60. The lowest BCUT2D eigenvalue weighted by Crippen LogP contribution is -2.24. The number of hydrogen-bond acceptors (Lipinski definition) is 2. The lowest BCUT2D eigenvalue weighted by molar-refractivity contribution is 0.133. The molecule has 2 heteroatoms. The molecule has 0 rings (SSSR count). The Balaban J connectivity index is 3.39. The second-order valence-electron chi connectivity index (χ2n) is 2.99. The monoisotopic (exact) mass is 145 g/mol. The van der Waals surface area contributed by atoms with Gasteiger partial charge in [-0.3, -0.25) is 0 Å². The molecule has 0 amide bonds. The molecule has 0 N–H and O–H groups in total. The maximum Gasteiger partial charge on any atom is 0.0502 e. The van der Waals surface area contributed by atoms with Crippen LogP contribution in [0.15, 0.2) is 0 Å². The molecule has 0 saturated carbocycles. The molecule has 0 spiro atoms. The Bertz CT molecular complexity index is 73.7. The van der Waals surface area contributed by atoms with Crippen LogP contribution in [0.25, 0.3) is 0 Å². The van der Waals surface area contributed by atoms with Crippen LogP contribution in [0, 0.1) is 5.92 Å². The Hall–Kier alpha value is -0.0800. The summed E-state index contributed by atoms with van der Waals surface area (Å²) in [7, 11) is 5.95. The normalized spacial score (nSPS) is 14.1. The third kappa shape index (κ3) is 4.77. The highest BCUT2D eigenvalue weighted by Crippen LogP contribution is 2.02. The molecule has 0 heterocycles. The van der Waals surface area contributed by atoms with Crippen molar-refractivity contribution in [2.45, 2.75) is 13.3 Å². The zero-order valence-electron chi connectivity index (χ0n) is 7.55. The standard InChI is InChI=1S/C8H19NO/c1-5-8(7-10-4)6-9(2)3/h8H,5-7H2,1-4H3. The summed E-state index contributed by atoms with van der Waals surface area (Å²) in [4.78, 5) is 2.20. The van der Waals surface area contributed by atoms with Crippen LogP contribution in [0.5, 0.6) is 0 Å². The van der Waals surface area contributed by atoms with Gasteiger partial charge in [-0.25, -0.2) is 0 Å². The fourth-order valence-corrected chi connectivity index (χ4v) is 1.05. The van der Waals surface area contributed by atoms with Crippen LogP contribution in [0.1, 0.15) is 13.3 Å². The summed E-state index contributed by atoms with van der Waals surface area (Å²) in [5.41, 5.74) is 0. The summed E-state index contributed by atoms with van der Waals surface area (Å²) in [5.74, 6) is 0.694. The Morgan fingerprint density at radius 2 is 2.00 bits per heavy atom. The van der Waals surface area contributed by atoms with E-state index >= 15 is 0 Å². The van der Waals surface area contributed by atoms with Gasteiger partial charge in [0.2, 0.25) is 0 Å². The number of methoxy groups -OCH3 is 1. The number of hydrogen-bond donors (Lipinski definition) is 0. The van der Waals surface area contributed by atoms with Gasteiger partial charge in [-0.1, -0.05) is 6.92 Å². The minimum Gasteiger partial charge on any atom is -0.384 e. The van der Waals surface area contributed by atoms with E-state index in [1.165, 1.54) is 6.42 Å². The molecule has 10 heavy (non-hydrogen) atoms. The van der Waals surface area contributed by atoms with Gasteiger partial charge < -0.3 is 9.64 Å². The van der Waals surface area contributed by atoms with Crippen molar-refractivity contribution in [1.82, 2.24) is 4.90 Å². The van der Waals surface area contributed by atoms with Crippen molar-refractivity contribution in [3.8, 4) is 0 Å². The van der Waals surface area contributed by atoms with Gasteiger partial charge in [0.1, 0.15) is 0 Å². The van der Waals surface area contributed by atoms with Crippen molar-refractivity contribution in [1.29, 1.82) is 0 Å². The second kappa shape index (κ2) is 5.69. The Morgan fingerprint density at radius 1 is 1.40 bits per heavy atom. The van der Waals surface area contributed by atoms with Crippen molar-refractivity contribution < 1.29 is 4.74 Å². The van der Waals surface area contributed by atoms with Crippen LogP contribution in [-0.4, -0.2) is 39.3 Å². The smallest absolute Gasteiger partial charge is 0.0502 e. The summed E-state index contributed by atoms with van der Waals surface area (Å²) < 4.78 is 5.07. The van der Waals surface area contributed by atoms with Crippen molar-refractivity contribution in [2.24, 2.45) is 5.92 Å². The predicted molar refractivity (Wildman–Crippen MR) is 44.2 cm³/mol. The van der Waals surface area contributed by atoms with Gasteiger partial charge in [-0.05, 0) is 26.4 Å². The fourth-order valence-electron chi connectivity index (χ4n) is 1.05. The zero-order chi connectivity index (χ0) is 7.98. The first-order valence-electron chi connectivity index (χ1n) is 3.84. The highest BCUT2D eigenvalue weighted by molar-refractivity contribution is 4.58. The van der Waals surface area contributed by atoms with Gasteiger partial charge in [0.05, 0.1) is 6.61 Å². The highest BCUT2D eigenvalue weighted by Gasteiger charge is 2.05. The average molecular weight is 145 g/mol. The molecule has 0 aromatic heterocycles. The van der Waals surface area contributed by atoms with E-state index in [0.717, 1.165) is 13.2 Å². The molecular weight excluding hydrogens is 126 g/mol. The van der Waals surface area contributed by atoms with Crippen LogP contribution in [0.4, 0.5) is 0 Å². The highest BCUT2D eigenvalue weighted by atomic mass is 16.5. The minimum atomic E-state index is 0.694. The maximum atomic E-state index is 5.07. The van der Waals surface area contributed by atoms with Crippen LogP contribution < -0.4 is 0 Å². The Labute approximate surface area is 64.2 Å². The fraction of sp³-hybridized carbons (Fsp3) is 1.00. The molecule has 1 unspecified atom stereocenters. The molecule has 0 aliphatic carbocycles. The van der Waals surface area contributed by atoms with Crippen LogP contribution in [0.3, 0.4) is 0 Å². The number of ether oxygens (including phenoxy) is 1. The van der Waals surface area contributed by atoms with Crippen molar-refractivity contribution >= 4 is 0 Å². The van der Waals surface area contributed by atoms with Gasteiger partial charge >= 0.3 is 0 Å². The van der Waals surface area contributed by atoms with Crippen LogP contribution >= 0.6 is 0 Å². The molecule has 0 radical (unpaired) electrons. The lowest BCUT2D eigenvalue weighted by atomic mass is 10.1. The first-order valence-corrected chi connectivity index (χ1v) is 3.84. The van der Waals surface area contributed by atoms with Crippen molar-refractivity contribution in [3.05, 3.63) is 0 Å². The van der Waals surface area contributed by atoms with Gasteiger partial charge in [-0.2, -0.15) is 0 Å². The summed E-state index contributed by atoms with van der Waals surface area (Å²) in [6.07, 6.45) is 1.20. The van der Waals surface area contributed by atoms with E-state index in [4.69, 9.17) is 4.74 Å². The predicted octanol–water partition coefficient (Wildman–Crippen LogP) is 1.22. The SMILES string of the molecule is CCC(COC)CN(C)C. The third-order valence-electron chi connectivity index (χ3n) is 1.60. The number of rotatable bonds is 5. The van der Waals surface area contributed by atoms with Gasteiger partial charge in [-0.15, -0.1) is 0 Å². The zero-order valence-corrected chi connectivity index (χ0v) is 7.55. The van der Waals surface area contributed by atoms with Gasteiger partial charge in [0.25, 0.3) is 0 Å². The van der Waals surface area contributed by atoms with E-state index < -0.39 is 0 Å². The maximum absolute atomic E-state index is 5.07. The molecular formula is C8H19NO. The van der Waals surface area contributed by atoms with E-state index in [9.17, 15) is 0 Å². The second-order valence-corrected chi connectivity index (χ2v) is 2.99. The van der Waals surface area contributed by atoms with E-state index in [1.54, 1.807) is 7.11 Å². The minimum absolute atomic E-state index is 0.694. The van der Waals surface area contributed by atoms with Gasteiger partial charge in [0, 0.05) is 13.7 Å². The molecule has 0 aliphatic heterocycles.